The molecule has 0 spiro atoms. The molecule has 1 aromatic rings. The molecule has 1 aliphatic rings. The maximum Gasteiger partial charge on any atom is 0.347 e. The normalized spacial score (nSPS) is 19.4. The van der Waals surface area contributed by atoms with E-state index in [0.29, 0.717) is 0 Å². The molecule has 6 heteroatoms. The van der Waals surface area contributed by atoms with E-state index in [2.05, 4.69) is 5.32 Å². The first-order valence-electron chi connectivity index (χ1n) is 8.27. The van der Waals surface area contributed by atoms with Crippen LogP contribution in [0.2, 0.25) is 0 Å². The molecule has 1 saturated carbocycles. The van der Waals surface area contributed by atoms with E-state index >= 15 is 0 Å². The van der Waals surface area contributed by atoms with Gasteiger partial charge in [0.25, 0.3) is 0 Å². The molecule has 0 unspecified atom stereocenters. The lowest BCUT2D eigenvalue weighted by Crippen LogP contribution is -2.41. The zero-order valence-corrected chi connectivity index (χ0v) is 14.9. The number of rotatable bonds is 8. The maximum absolute atomic E-state index is 13.0. The van der Waals surface area contributed by atoms with Gasteiger partial charge in [-0.05, 0) is 24.3 Å². The number of hydrogen-bond donors (Lipinski definition) is 2. The predicted octanol–water partition coefficient (Wildman–Crippen LogP) is 3.70. The van der Waals surface area contributed by atoms with Crippen LogP contribution in [-0.4, -0.2) is 31.7 Å². The smallest absolute Gasteiger partial charge is 0.347 e. The van der Waals surface area contributed by atoms with Gasteiger partial charge in [0, 0.05) is 14.2 Å². The third-order valence-corrected chi connectivity index (χ3v) is 6.97. The Bertz CT molecular complexity index is 497. The number of nitrogens with one attached hydrogen (secondary N) is 1. The zero-order chi connectivity index (χ0) is 16.7. The summed E-state index contributed by atoms with van der Waals surface area (Å²) < 4.78 is 23.6. The SMILES string of the molecule is COP(=O)(OC)[C@@H](N[C@@H](CO)c1ccccc1)C1CCCCC1. The van der Waals surface area contributed by atoms with Crippen LogP contribution < -0.4 is 5.32 Å². The lowest BCUT2D eigenvalue weighted by molar-refractivity contribution is 0.191. The second-order valence-electron chi connectivity index (χ2n) is 6.06. The maximum atomic E-state index is 13.0. The highest BCUT2D eigenvalue weighted by Crippen LogP contribution is 2.55. The Hall–Kier alpha value is -0.710. The van der Waals surface area contributed by atoms with Crippen molar-refractivity contribution in [2.75, 3.05) is 20.8 Å². The molecule has 2 atom stereocenters. The van der Waals surface area contributed by atoms with Crippen LogP contribution in [0.25, 0.3) is 0 Å². The molecule has 2 N–H and O–H groups in total. The van der Waals surface area contributed by atoms with Crippen LogP contribution in [0.4, 0.5) is 0 Å². The van der Waals surface area contributed by atoms with Gasteiger partial charge in [0.05, 0.1) is 12.6 Å². The molecule has 2 rings (SSSR count). The third kappa shape index (κ3) is 4.65. The summed E-state index contributed by atoms with van der Waals surface area (Å²) in [6, 6.07) is 9.42. The van der Waals surface area contributed by atoms with Gasteiger partial charge in [-0.1, -0.05) is 49.6 Å². The fraction of sp³-hybridized carbons (Fsp3) is 0.647. The van der Waals surface area contributed by atoms with Gasteiger partial charge in [-0.25, -0.2) is 0 Å². The van der Waals surface area contributed by atoms with Gasteiger partial charge in [-0.15, -0.1) is 0 Å². The molecule has 23 heavy (non-hydrogen) atoms. The van der Waals surface area contributed by atoms with Crippen LogP contribution in [0.5, 0.6) is 0 Å². The molecule has 5 nitrogen and oxygen atoms in total. The molecular formula is C17H28NO4P. The number of hydrogen-bond acceptors (Lipinski definition) is 5. The highest BCUT2D eigenvalue weighted by Gasteiger charge is 2.41. The summed E-state index contributed by atoms with van der Waals surface area (Å²) in [6.45, 7) is -0.0688. The number of aliphatic hydroxyl groups excluding tert-OH is 1. The molecule has 1 fully saturated rings. The second-order valence-corrected chi connectivity index (χ2v) is 8.43. The Balaban J connectivity index is 2.23. The van der Waals surface area contributed by atoms with Gasteiger partial charge in [0.1, 0.15) is 5.78 Å². The molecule has 130 valence electrons. The van der Waals surface area contributed by atoms with Crippen LogP contribution in [0, 0.1) is 5.92 Å². The summed E-state index contributed by atoms with van der Waals surface area (Å²) in [5.41, 5.74) is 0.967. The van der Waals surface area contributed by atoms with E-state index in [9.17, 15) is 9.67 Å². The van der Waals surface area contributed by atoms with Crippen molar-refractivity contribution in [3.8, 4) is 0 Å². The minimum atomic E-state index is -3.27. The Morgan fingerprint density at radius 1 is 1.17 bits per heavy atom. The lowest BCUT2D eigenvalue weighted by atomic mass is 9.88. The van der Waals surface area contributed by atoms with Gasteiger partial charge in [0.15, 0.2) is 0 Å². The molecule has 0 saturated heterocycles. The number of benzene rings is 1. The zero-order valence-electron chi connectivity index (χ0n) is 14.0. The average molecular weight is 341 g/mol. The molecular weight excluding hydrogens is 313 g/mol. The van der Waals surface area contributed by atoms with Gasteiger partial charge < -0.3 is 14.2 Å². The summed E-state index contributed by atoms with van der Waals surface area (Å²) in [5.74, 6) is -0.178. The molecule has 0 aliphatic heterocycles. The van der Waals surface area contributed by atoms with E-state index in [1.165, 1.54) is 20.6 Å². The fourth-order valence-electron chi connectivity index (χ4n) is 3.38. The van der Waals surface area contributed by atoms with Crippen molar-refractivity contribution in [1.29, 1.82) is 0 Å². The molecule has 0 aromatic heterocycles. The average Bonchev–Trinajstić information content (AvgIpc) is 2.63. The summed E-state index contributed by atoms with van der Waals surface area (Å²) in [7, 11) is -0.412. The molecule has 0 radical (unpaired) electrons. The van der Waals surface area contributed by atoms with Crippen molar-refractivity contribution in [3.63, 3.8) is 0 Å². The minimum absolute atomic E-state index is 0.0688. The van der Waals surface area contributed by atoms with Crippen LogP contribution >= 0.6 is 7.60 Å². The van der Waals surface area contributed by atoms with E-state index in [1.54, 1.807) is 0 Å². The van der Waals surface area contributed by atoms with Crippen molar-refractivity contribution < 1.29 is 18.7 Å². The summed E-state index contributed by atoms with van der Waals surface area (Å²) >= 11 is 0. The highest BCUT2D eigenvalue weighted by atomic mass is 31.2. The quantitative estimate of drug-likeness (QED) is 0.706. The van der Waals surface area contributed by atoms with Crippen LogP contribution in [-0.2, 0) is 13.6 Å². The van der Waals surface area contributed by atoms with Crippen molar-refractivity contribution in [2.45, 2.75) is 43.9 Å². The van der Waals surface area contributed by atoms with E-state index < -0.39 is 13.4 Å². The first-order valence-corrected chi connectivity index (χ1v) is 9.89. The van der Waals surface area contributed by atoms with Gasteiger partial charge in [-0.3, -0.25) is 9.88 Å². The highest BCUT2D eigenvalue weighted by molar-refractivity contribution is 7.54. The van der Waals surface area contributed by atoms with Gasteiger partial charge in [-0.2, -0.15) is 0 Å². The third-order valence-electron chi connectivity index (χ3n) is 4.70. The molecule has 0 bridgehead atoms. The predicted molar refractivity (Wildman–Crippen MR) is 91.4 cm³/mol. The topological polar surface area (TPSA) is 67.8 Å². The summed E-state index contributed by atoms with van der Waals surface area (Å²) in [5, 5.41) is 13.2. The monoisotopic (exact) mass is 341 g/mol. The Kier molecular flexibility index (Phi) is 7.25. The molecule has 0 amide bonds. The van der Waals surface area contributed by atoms with E-state index in [4.69, 9.17) is 9.05 Å². The van der Waals surface area contributed by atoms with Gasteiger partial charge in [0.2, 0.25) is 0 Å². The molecule has 1 aromatic carbocycles. The second kappa shape index (κ2) is 8.95. The Morgan fingerprint density at radius 2 is 1.78 bits per heavy atom. The van der Waals surface area contributed by atoms with Crippen LogP contribution in [0.3, 0.4) is 0 Å². The Morgan fingerprint density at radius 3 is 2.30 bits per heavy atom. The largest absolute Gasteiger partial charge is 0.394 e. The fourth-order valence-corrected chi connectivity index (χ4v) is 5.16. The minimum Gasteiger partial charge on any atom is -0.394 e. The van der Waals surface area contributed by atoms with Crippen molar-refractivity contribution in [3.05, 3.63) is 35.9 Å². The standard InChI is InChI=1S/C17H28NO4P/c1-21-23(20,22-2)17(15-11-7-4-8-12-15)18-16(13-19)14-9-5-3-6-10-14/h3,5-6,9-10,15-19H,4,7-8,11-13H2,1-2H3/t16-,17+/m0/s1. The van der Waals surface area contributed by atoms with E-state index in [0.717, 1.165) is 31.2 Å². The first kappa shape index (κ1) is 18.6. The molecule has 0 heterocycles. The van der Waals surface area contributed by atoms with Crippen molar-refractivity contribution in [1.82, 2.24) is 5.32 Å². The lowest BCUT2D eigenvalue weighted by Gasteiger charge is -2.36. The first-order chi connectivity index (χ1) is 11.1. The summed E-state index contributed by atoms with van der Waals surface area (Å²) in [4.78, 5) is 0. The van der Waals surface area contributed by atoms with Crippen molar-refractivity contribution >= 4 is 7.60 Å². The van der Waals surface area contributed by atoms with E-state index in [1.807, 2.05) is 30.3 Å². The van der Waals surface area contributed by atoms with Crippen LogP contribution in [0.15, 0.2) is 30.3 Å². The van der Waals surface area contributed by atoms with Crippen LogP contribution in [0.1, 0.15) is 43.7 Å². The molecule has 1 aliphatic carbocycles. The Labute approximate surface area is 138 Å². The van der Waals surface area contributed by atoms with Crippen molar-refractivity contribution in [2.24, 2.45) is 5.92 Å². The number of aliphatic hydroxyl groups is 1. The van der Waals surface area contributed by atoms with Gasteiger partial charge >= 0.3 is 7.60 Å². The summed E-state index contributed by atoms with van der Waals surface area (Å²) in [6.07, 6.45) is 5.48. The van der Waals surface area contributed by atoms with E-state index in [-0.39, 0.29) is 18.6 Å².